The topological polar surface area (TPSA) is 124 Å². The van der Waals surface area contributed by atoms with Crippen LogP contribution in [0.1, 0.15) is 43.9 Å². The molecule has 50 heavy (non-hydrogen) atoms. The van der Waals surface area contributed by atoms with Gasteiger partial charge in [-0.3, -0.25) is 0 Å². The largest absolute Gasteiger partial charge is 0.493 e. The van der Waals surface area contributed by atoms with Crippen molar-refractivity contribution in [1.29, 1.82) is 0 Å². The summed E-state index contributed by atoms with van der Waals surface area (Å²) < 4.78 is 45.6. The fraction of sp³-hybridized carbons (Fsp3) is 0.389. The van der Waals surface area contributed by atoms with Gasteiger partial charge in [0.15, 0.2) is 0 Å². The van der Waals surface area contributed by atoms with Crippen LogP contribution in [-0.2, 0) is 23.4 Å². The van der Waals surface area contributed by atoms with E-state index in [0.29, 0.717) is 44.0 Å². The van der Waals surface area contributed by atoms with Crippen molar-refractivity contribution in [2.24, 2.45) is 5.92 Å². The quantitative estimate of drug-likeness (QED) is 0.204. The van der Waals surface area contributed by atoms with Gasteiger partial charge in [-0.2, -0.15) is 10.2 Å². The zero-order chi connectivity index (χ0) is 34.8. The highest BCUT2D eigenvalue weighted by Gasteiger charge is 2.44. The molecular formula is C36H40F2N8O4. The molecule has 4 heterocycles. The van der Waals surface area contributed by atoms with E-state index in [0.717, 1.165) is 36.1 Å². The smallest absolute Gasteiger partial charge is 0.350 e. The number of aromatic nitrogens is 6. The van der Waals surface area contributed by atoms with Crippen LogP contribution >= 0.6 is 0 Å². The van der Waals surface area contributed by atoms with Gasteiger partial charge < -0.3 is 24.8 Å². The summed E-state index contributed by atoms with van der Waals surface area (Å²) in [4.78, 5) is 19.5. The van der Waals surface area contributed by atoms with Crippen molar-refractivity contribution >= 4 is 11.4 Å². The number of anilines is 2. The summed E-state index contributed by atoms with van der Waals surface area (Å²) in [7, 11) is 0. The van der Waals surface area contributed by atoms with Gasteiger partial charge in [-0.15, -0.1) is 0 Å². The molecule has 0 saturated carbocycles. The lowest BCUT2D eigenvalue weighted by molar-refractivity contribution is -0.0206. The first-order valence-electron chi connectivity index (χ1n) is 16.8. The number of fused-ring (bicyclic) bond motifs is 1. The Kier molecular flexibility index (Phi) is 9.38. The van der Waals surface area contributed by atoms with Crippen molar-refractivity contribution in [2.75, 3.05) is 36.5 Å². The summed E-state index contributed by atoms with van der Waals surface area (Å²) in [5, 5.41) is 22.1. The number of nitrogens with zero attached hydrogens (tertiary/aromatic N) is 7. The Morgan fingerprint density at radius 2 is 1.90 bits per heavy atom. The van der Waals surface area contributed by atoms with Crippen LogP contribution in [0.4, 0.5) is 20.2 Å². The van der Waals surface area contributed by atoms with Gasteiger partial charge >= 0.3 is 5.69 Å². The Labute approximate surface area is 287 Å². The van der Waals surface area contributed by atoms with Crippen LogP contribution in [0.2, 0.25) is 0 Å². The van der Waals surface area contributed by atoms with Crippen LogP contribution in [0, 0.1) is 17.6 Å². The molecule has 12 nitrogen and oxygen atoms in total. The molecular weight excluding hydrogens is 646 g/mol. The molecule has 262 valence electrons. The highest BCUT2D eigenvalue weighted by molar-refractivity contribution is 5.60. The van der Waals surface area contributed by atoms with E-state index < -0.39 is 29.4 Å². The minimum Gasteiger partial charge on any atom is -0.493 e. The fourth-order valence-electron chi connectivity index (χ4n) is 7.06. The molecule has 14 heteroatoms. The lowest BCUT2D eigenvalue weighted by atomic mass is 9.87. The second-order valence-electron chi connectivity index (χ2n) is 13.0. The van der Waals surface area contributed by atoms with Crippen LogP contribution in [0.15, 0.2) is 84.4 Å². The Hall–Kier alpha value is -5.08. The molecule has 0 unspecified atom stereocenters. The van der Waals surface area contributed by atoms with Crippen molar-refractivity contribution in [3.8, 4) is 11.4 Å². The monoisotopic (exact) mass is 686 g/mol. The normalized spacial score (nSPS) is 20.2. The van der Waals surface area contributed by atoms with E-state index in [9.17, 15) is 14.3 Å². The molecule has 0 bridgehead atoms. The van der Waals surface area contributed by atoms with Crippen LogP contribution in [0.3, 0.4) is 0 Å². The maximum Gasteiger partial charge on any atom is 0.350 e. The number of aliphatic hydroxyl groups is 1. The molecule has 4 atom stereocenters. The summed E-state index contributed by atoms with van der Waals surface area (Å²) in [6.45, 7) is 6.65. The van der Waals surface area contributed by atoms with Gasteiger partial charge in [-0.05, 0) is 73.9 Å². The molecule has 3 aromatic carbocycles. The third-order valence-electron chi connectivity index (χ3n) is 9.62. The Morgan fingerprint density at radius 1 is 1.08 bits per heavy atom. The average Bonchev–Trinajstić information content (AvgIpc) is 3.82. The molecule has 1 fully saturated rings. The molecule has 2 aliphatic rings. The van der Waals surface area contributed by atoms with Gasteiger partial charge in [0.25, 0.3) is 0 Å². The van der Waals surface area contributed by atoms with E-state index in [4.69, 9.17) is 9.47 Å². The third-order valence-corrected chi connectivity index (χ3v) is 9.62. The lowest BCUT2D eigenvalue weighted by Crippen LogP contribution is -2.32. The minimum absolute atomic E-state index is 0.0375. The first-order chi connectivity index (χ1) is 24.2. The SMILES string of the molecule is CC[C@@H]([C@H](C)O)n1ncn(-c2ccc3c(c2)CN(c2ccc(OC[C@@H]4CO[C@@](Cn5cncn5)(c5ccc(F)cc5F)C4)cc2)CCN3)c1=O. The maximum absolute atomic E-state index is 15.0. The third kappa shape index (κ3) is 6.72. The fourth-order valence-corrected chi connectivity index (χ4v) is 7.06. The molecule has 2 N–H and O–H groups in total. The average molecular weight is 687 g/mol. The van der Waals surface area contributed by atoms with E-state index in [1.165, 1.54) is 34.0 Å². The minimum atomic E-state index is -1.04. The van der Waals surface area contributed by atoms with Crippen molar-refractivity contribution in [3.63, 3.8) is 0 Å². The van der Waals surface area contributed by atoms with Gasteiger partial charge in [0.2, 0.25) is 0 Å². The number of halogens is 2. The molecule has 0 spiro atoms. The van der Waals surface area contributed by atoms with Crippen molar-refractivity contribution in [2.45, 2.75) is 57.5 Å². The molecule has 0 amide bonds. The number of hydrogen-bond donors (Lipinski definition) is 2. The molecule has 0 aliphatic carbocycles. The summed E-state index contributed by atoms with van der Waals surface area (Å²) in [5.41, 5.74) is 2.72. The molecule has 1 saturated heterocycles. The van der Waals surface area contributed by atoms with Crippen molar-refractivity contribution in [1.82, 2.24) is 29.1 Å². The summed E-state index contributed by atoms with van der Waals surface area (Å²) in [5.74, 6) is -0.643. The highest BCUT2D eigenvalue weighted by Crippen LogP contribution is 2.42. The van der Waals surface area contributed by atoms with Gasteiger partial charge in [-0.25, -0.2) is 32.5 Å². The molecule has 0 radical (unpaired) electrons. The Bertz CT molecular complexity index is 1980. The summed E-state index contributed by atoms with van der Waals surface area (Å²) in [6.07, 6.45) is 4.81. The number of hydrogen-bond acceptors (Lipinski definition) is 9. The van der Waals surface area contributed by atoms with Crippen molar-refractivity contribution < 1.29 is 23.4 Å². The first kappa shape index (κ1) is 33.4. The standard InChI is InChI=1S/C36H40F2N8O4/c1-3-34(24(2)47)46-35(48)45(23-42-46)29-7-11-33-26(14-29)17-43(13-12-40-33)28-5-8-30(9-6-28)49-18-25-16-36(50-19-25,20-44-22-39-21-41-44)31-10-4-27(37)15-32(31)38/h4-11,14-15,21-25,34,40,47H,3,12-13,16-20H2,1-2H3/t24-,25+,34-,36-/m0/s1. The van der Waals surface area contributed by atoms with Crippen molar-refractivity contribution in [3.05, 3.63) is 113 Å². The zero-order valence-electron chi connectivity index (χ0n) is 28.0. The second kappa shape index (κ2) is 14.0. The molecule has 7 rings (SSSR count). The number of nitrogens with one attached hydrogen (secondary N) is 1. The van der Waals surface area contributed by atoms with E-state index in [1.807, 2.05) is 49.4 Å². The maximum atomic E-state index is 15.0. The van der Waals surface area contributed by atoms with Gasteiger partial charge in [0.1, 0.15) is 42.0 Å². The van der Waals surface area contributed by atoms with Gasteiger partial charge in [-0.1, -0.05) is 13.0 Å². The van der Waals surface area contributed by atoms with Gasteiger partial charge in [0, 0.05) is 48.6 Å². The number of aliphatic hydroxyl groups excluding tert-OH is 1. The molecule has 5 aromatic rings. The lowest BCUT2D eigenvalue weighted by Gasteiger charge is -2.29. The van der Waals surface area contributed by atoms with E-state index in [-0.39, 0.29) is 23.7 Å². The number of rotatable bonds is 11. The molecule has 2 aliphatic heterocycles. The van der Waals surface area contributed by atoms with E-state index >= 15 is 4.39 Å². The predicted molar refractivity (Wildman–Crippen MR) is 182 cm³/mol. The zero-order valence-corrected chi connectivity index (χ0v) is 28.0. The Balaban J connectivity index is 1.02. The molecule has 2 aromatic heterocycles. The Morgan fingerprint density at radius 3 is 2.64 bits per heavy atom. The highest BCUT2D eigenvalue weighted by atomic mass is 19.1. The van der Waals surface area contributed by atoms with Crippen LogP contribution in [-0.4, -0.2) is 66.6 Å². The first-order valence-corrected chi connectivity index (χ1v) is 16.8. The van der Waals surface area contributed by atoms with Crippen LogP contribution in [0.25, 0.3) is 5.69 Å². The summed E-state index contributed by atoms with van der Waals surface area (Å²) >= 11 is 0. The van der Waals surface area contributed by atoms with E-state index in [1.54, 1.807) is 17.9 Å². The number of benzene rings is 3. The predicted octanol–water partition coefficient (Wildman–Crippen LogP) is 4.68. The number of ether oxygens (including phenoxy) is 2. The summed E-state index contributed by atoms with van der Waals surface area (Å²) in [6, 6.07) is 17.0. The van der Waals surface area contributed by atoms with Crippen LogP contribution < -0.4 is 20.6 Å². The van der Waals surface area contributed by atoms with E-state index in [2.05, 4.69) is 25.4 Å². The second-order valence-corrected chi connectivity index (χ2v) is 13.0. The van der Waals surface area contributed by atoms with Crippen LogP contribution in [0.5, 0.6) is 5.75 Å². The van der Waals surface area contributed by atoms with Gasteiger partial charge in [0.05, 0.1) is 37.6 Å².